The minimum absolute atomic E-state index is 0.167. The Hall–Kier alpha value is -1.14. The number of rotatable bonds is 6. The maximum Gasteiger partial charge on any atom is 0.328 e. The number of hydrogen-bond donors (Lipinski definition) is 2. The minimum Gasteiger partial charge on any atom is -0.467 e. The zero-order valence-corrected chi connectivity index (χ0v) is 12.6. The van der Waals surface area contributed by atoms with Crippen LogP contribution in [0.2, 0.25) is 0 Å². The largest absolute Gasteiger partial charge is 0.467 e. The maximum absolute atomic E-state index is 12.5. The predicted molar refractivity (Wildman–Crippen MR) is 74.9 cm³/mol. The van der Waals surface area contributed by atoms with Crippen LogP contribution in [0.4, 0.5) is 0 Å². The van der Waals surface area contributed by atoms with Crippen LogP contribution in [0.15, 0.2) is 0 Å². The molecule has 0 radical (unpaired) electrons. The molecular weight excluding hydrogens is 260 g/mol. The van der Waals surface area contributed by atoms with E-state index in [0.717, 1.165) is 0 Å². The van der Waals surface area contributed by atoms with Crippen LogP contribution in [0.1, 0.15) is 33.1 Å². The molecule has 1 fully saturated rings. The molecule has 1 aliphatic rings. The lowest BCUT2D eigenvalue weighted by molar-refractivity contribution is -0.148. The fraction of sp³-hybridized carbons (Fsp3) is 0.857. The van der Waals surface area contributed by atoms with Crippen LogP contribution < -0.4 is 11.1 Å². The lowest BCUT2D eigenvalue weighted by Crippen LogP contribution is -2.53. The third kappa shape index (κ3) is 4.18. The summed E-state index contributed by atoms with van der Waals surface area (Å²) in [5.41, 5.74) is 5.17. The first kappa shape index (κ1) is 16.9. The van der Waals surface area contributed by atoms with Gasteiger partial charge in [-0.1, -0.05) is 13.8 Å². The highest BCUT2D eigenvalue weighted by atomic mass is 16.5. The first-order chi connectivity index (χ1) is 9.45. The van der Waals surface area contributed by atoms with E-state index in [1.807, 2.05) is 13.8 Å². The lowest BCUT2D eigenvalue weighted by atomic mass is 9.79. The molecule has 0 bridgehead atoms. The van der Waals surface area contributed by atoms with Crippen LogP contribution in [-0.2, 0) is 19.1 Å². The molecule has 20 heavy (non-hydrogen) atoms. The summed E-state index contributed by atoms with van der Waals surface area (Å²) in [5.74, 6) is -0.298. The Bertz CT molecular complexity index is 338. The topological polar surface area (TPSA) is 90.7 Å². The van der Waals surface area contributed by atoms with E-state index in [9.17, 15) is 9.59 Å². The van der Waals surface area contributed by atoms with E-state index in [0.29, 0.717) is 32.5 Å². The number of ether oxygens (including phenoxy) is 2. The second-order valence-corrected chi connectivity index (χ2v) is 5.78. The summed E-state index contributed by atoms with van der Waals surface area (Å²) < 4.78 is 10.0. The van der Waals surface area contributed by atoms with Crippen LogP contribution >= 0.6 is 0 Å². The van der Waals surface area contributed by atoms with Gasteiger partial charge in [-0.15, -0.1) is 0 Å². The molecule has 1 heterocycles. The molecule has 0 aromatic carbocycles. The Kier molecular flexibility index (Phi) is 6.42. The molecule has 116 valence electrons. The number of esters is 1. The quantitative estimate of drug-likeness (QED) is 0.692. The molecule has 0 aromatic rings. The van der Waals surface area contributed by atoms with E-state index in [1.54, 1.807) is 0 Å². The first-order valence-electron chi connectivity index (χ1n) is 7.12. The van der Waals surface area contributed by atoms with E-state index in [2.05, 4.69) is 5.32 Å². The average Bonchev–Trinajstić information content (AvgIpc) is 2.45. The molecule has 1 aliphatic heterocycles. The third-order valence-electron chi connectivity index (χ3n) is 3.82. The van der Waals surface area contributed by atoms with Crippen molar-refractivity contribution in [1.29, 1.82) is 0 Å². The van der Waals surface area contributed by atoms with Gasteiger partial charge in [0.05, 0.1) is 12.5 Å². The fourth-order valence-corrected chi connectivity index (χ4v) is 2.43. The molecule has 1 unspecified atom stereocenters. The zero-order chi connectivity index (χ0) is 15.2. The first-order valence-corrected chi connectivity index (χ1v) is 7.12. The second-order valence-electron chi connectivity index (χ2n) is 5.78. The molecule has 1 saturated heterocycles. The van der Waals surface area contributed by atoms with Crippen molar-refractivity contribution in [2.75, 3.05) is 26.9 Å². The Labute approximate surface area is 120 Å². The molecule has 0 aliphatic carbocycles. The fourth-order valence-electron chi connectivity index (χ4n) is 2.43. The van der Waals surface area contributed by atoms with Gasteiger partial charge in [0.15, 0.2) is 0 Å². The number of nitrogens with two attached hydrogens (primary N) is 1. The molecule has 3 N–H and O–H groups in total. The van der Waals surface area contributed by atoms with E-state index in [-0.39, 0.29) is 18.4 Å². The number of nitrogens with one attached hydrogen (secondary N) is 1. The van der Waals surface area contributed by atoms with Gasteiger partial charge in [0.25, 0.3) is 0 Å². The summed E-state index contributed by atoms with van der Waals surface area (Å²) in [7, 11) is 1.33. The van der Waals surface area contributed by atoms with Crippen molar-refractivity contribution < 1.29 is 19.1 Å². The lowest BCUT2D eigenvalue weighted by Gasteiger charge is -2.35. The monoisotopic (exact) mass is 286 g/mol. The van der Waals surface area contributed by atoms with E-state index < -0.39 is 17.4 Å². The van der Waals surface area contributed by atoms with Crippen LogP contribution in [-0.4, -0.2) is 44.8 Å². The van der Waals surface area contributed by atoms with Gasteiger partial charge in [-0.05, 0) is 25.2 Å². The van der Waals surface area contributed by atoms with Crippen LogP contribution in [0.3, 0.4) is 0 Å². The molecule has 6 nitrogen and oxygen atoms in total. The van der Waals surface area contributed by atoms with Crippen LogP contribution in [0.5, 0.6) is 0 Å². The molecule has 1 rings (SSSR count). The van der Waals surface area contributed by atoms with Gasteiger partial charge >= 0.3 is 5.97 Å². The Morgan fingerprint density at radius 1 is 1.35 bits per heavy atom. The normalized spacial score (nSPS) is 19.4. The van der Waals surface area contributed by atoms with Gasteiger partial charge in [-0.3, -0.25) is 4.79 Å². The van der Waals surface area contributed by atoms with Crippen molar-refractivity contribution >= 4 is 11.9 Å². The smallest absolute Gasteiger partial charge is 0.328 e. The highest BCUT2D eigenvalue weighted by molar-refractivity contribution is 5.88. The van der Waals surface area contributed by atoms with Gasteiger partial charge < -0.3 is 20.5 Å². The van der Waals surface area contributed by atoms with Crippen LogP contribution in [0, 0.1) is 11.3 Å². The molecule has 0 spiro atoms. The van der Waals surface area contributed by atoms with Gasteiger partial charge in [0.1, 0.15) is 6.04 Å². The number of carbonyl (C=O) groups is 2. The minimum atomic E-state index is -0.624. The highest BCUT2D eigenvalue weighted by Gasteiger charge is 2.40. The molecule has 6 heteroatoms. The molecule has 1 amide bonds. The number of methoxy groups -OCH3 is 1. The van der Waals surface area contributed by atoms with E-state index in [4.69, 9.17) is 15.2 Å². The summed E-state index contributed by atoms with van der Waals surface area (Å²) in [6, 6.07) is -0.612. The zero-order valence-electron chi connectivity index (χ0n) is 12.6. The van der Waals surface area contributed by atoms with Crippen molar-refractivity contribution in [3.8, 4) is 0 Å². The van der Waals surface area contributed by atoms with Gasteiger partial charge in [-0.2, -0.15) is 0 Å². The highest BCUT2D eigenvalue weighted by Crippen LogP contribution is 2.29. The Morgan fingerprint density at radius 2 is 1.95 bits per heavy atom. The number of amides is 1. The summed E-state index contributed by atoms with van der Waals surface area (Å²) in [6.45, 7) is 5.30. The average molecular weight is 286 g/mol. The molecule has 0 saturated carbocycles. The second kappa shape index (κ2) is 7.59. The van der Waals surface area contributed by atoms with Crippen molar-refractivity contribution in [1.82, 2.24) is 5.32 Å². The van der Waals surface area contributed by atoms with E-state index >= 15 is 0 Å². The van der Waals surface area contributed by atoms with Gasteiger partial charge in [0.2, 0.25) is 5.91 Å². The van der Waals surface area contributed by atoms with Crippen molar-refractivity contribution in [3.63, 3.8) is 0 Å². The van der Waals surface area contributed by atoms with Gasteiger partial charge in [0, 0.05) is 19.8 Å². The summed E-state index contributed by atoms with van der Waals surface area (Å²) in [5, 5.41) is 2.81. The summed E-state index contributed by atoms with van der Waals surface area (Å²) >= 11 is 0. The molecule has 0 aromatic heterocycles. The van der Waals surface area contributed by atoms with Crippen molar-refractivity contribution in [3.05, 3.63) is 0 Å². The SMILES string of the molecule is COC(=O)C(CC(C)C)NC(=O)C1(CN)CCOCC1. The number of carbonyl (C=O) groups excluding carboxylic acids is 2. The third-order valence-corrected chi connectivity index (χ3v) is 3.82. The predicted octanol–water partition coefficient (Wildman–Crippen LogP) is 0.446. The standard InChI is InChI=1S/C14H26N2O4/c1-10(2)8-11(12(17)19-3)16-13(18)14(9-15)4-6-20-7-5-14/h10-11H,4-9,15H2,1-3H3,(H,16,18). The van der Waals surface area contributed by atoms with Crippen LogP contribution in [0.25, 0.3) is 0 Å². The van der Waals surface area contributed by atoms with Crippen molar-refractivity contribution in [2.24, 2.45) is 17.1 Å². The summed E-state index contributed by atoms with van der Waals surface area (Å²) in [6.07, 6.45) is 1.73. The maximum atomic E-state index is 12.5. The Morgan fingerprint density at radius 3 is 2.40 bits per heavy atom. The van der Waals surface area contributed by atoms with Gasteiger partial charge in [-0.25, -0.2) is 4.79 Å². The van der Waals surface area contributed by atoms with E-state index in [1.165, 1.54) is 7.11 Å². The Balaban J connectivity index is 2.75. The molecule has 1 atom stereocenters. The molecular formula is C14H26N2O4. The number of hydrogen-bond acceptors (Lipinski definition) is 5. The summed E-state index contributed by atoms with van der Waals surface area (Å²) in [4.78, 5) is 24.3. The van der Waals surface area contributed by atoms with Crippen molar-refractivity contribution in [2.45, 2.75) is 39.2 Å².